The topological polar surface area (TPSA) is 62.3 Å². The first-order valence-corrected chi connectivity index (χ1v) is 12.0. The van der Waals surface area contributed by atoms with Gasteiger partial charge in [0.15, 0.2) is 6.10 Å². The van der Waals surface area contributed by atoms with Gasteiger partial charge in [-0.2, -0.15) is 5.06 Å². The van der Waals surface area contributed by atoms with E-state index in [0.717, 1.165) is 9.88 Å². The van der Waals surface area contributed by atoms with Gasteiger partial charge in [-0.15, -0.1) is 0 Å². The average Bonchev–Trinajstić information content (AvgIpc) is 3.39. The number of fused-ring (bicyclic) bond motifs is 1. The number of thiocarbonyl (C=S) groups is 1. The number of hydrogen-bond acceptors (Lipinski definition) is 7. The fourth-order valence-electron chi connectivity index (χ4n) is 4.71. The maximum atomic E-state index is 13.7. The standard InChI is InChI=1S/C24H25N3O4S2/c1-24(2)22(33-23(32)25(24)3)27-18(14-8-6-5-7-9-14)17-19(31-27)21(29)26(20(17)28)15-10-12-16(30-4)13-11-15/h5-13,17-19,22H,1-4H3/t17-,18-,19-,22-/m1/s1. The van der Waals surface area contributed by atoms with E-state index in [9.17, 15) is 9.59 Å². The van der Waals surface area contributed by atoms with Crippen LogP contribution < -0.4 is 9.64 Å². The number of nitrogens with zero attached hydrogens (tertiary/aromatic N) is 3. The number of carbonyl (C=O) groups is 2. The summed E-state index contributed by atoms with van der Waals surface area (Å²) in [6, 6.07) is 16.3. The summed E-state index contributed by atoms with van der Waals surface area (Å²) in [5.74, 6) is -0.611. The third-order valence-corrected chi connectivity index (χ3v) is 8.85. The number of thioether (sulfide) groups is 1. The van der Waals surface area contributed by atoms with Crippen LogP contribution in [0.3, 0.4) is 0 Å². The summed E-state index contributed by atoms with van der Waals surface area (Å²) < 4.78 is 5.97. The van der Waals surface area contributed by atoms with Crippen molar-refractivity contribution in [3.63, 3.8) is 0 Å². The summed E-state index contributed by atoms with van der Waals surface area (Å²) >= 11 is 7.09. The van der Waals surface area contributed by atoms with Crippen molar-refractivity contribution < 1.29 is 19.2 Å². The molecule has 2 amide bonds. The molecule has 0 N–H and O–H groups in total. The lowest BCUT2D eigenvalue weighted by Crippen LogP contribution is -2.51. The Hall–Kier alpha value is -2.46. The van der Waals surface area contributed by atoms with Crippen molar-refractivity contribution >= 4 is 45.8 Å². The van der Waals surface area contributed by atoms with E-state index in [1.165, 1.54) is 16.7 Å². The van der Waals surface area contributed by atoms with Crippen molar-refractivity contribution in [1.82, 2.24) is 9.96 Å². The Kier molecular flexibility index (Phi) is 5.48. The molecular formula is C24H25N3O4S2. The quantitative estimate of drug-likeness (QED) is 0.483. The number of amides is 2. The van der Waals surface area contributed by atoms with E-state index in [0.29, 0.717) is 11.4 Å². The second kappa shape index (κ2) is 8.09. The summed E-state index contributed by atoms with van der Waals surface area (Å²) in [5.41, 5.74) is 1.09. The molecule has 4 atom stereocenters. The molecule has 7 nitrogen and oxygen atoms in total. The molecule has 0 spiro atoms. The number of rotatable bonds is 4. The zero-order valence-electron chi connectivity index (χ0n) is 18.8. The third-order valence-electron chi connectivity index (χ3n) is 6.80. The highest BCUT2D eigenvalue weighted by atomic mass is 32.2. The minimum Gasteiger partial charge on any atom is -0.497 e. The maximum Gasteiger partial charge on any atom is 0.265 e. The molecule has 3 fully saturated rings. The highest BCUT2D eigenvalue weighted by Gasteiger charge is 2.63. The van der Waals surface area contributed by atoms with Crippen LogP contribution in [0.5, 0.6) is 5.75 Å². The van der Waals surface area contributed by atoms with E-state index in [2.05, 4.69) is 13.8 Å². The number of imide groups is 1. The van der Waals surface area contributed by atoms with Crippen molar-refractivity contribution in [2.75, 3.05) is 19.1 Å². The van der Waals surface area contributed by atoms with Crippen LogP contribution >= 0.6 is 24.0 Å². The van der Waals surface area contributed by atoms with E-state index >= 15 is 0 Å². The number of likely N-dealkylation sites (N-methyl/N-ethyl adjacent to an activating group) is 1. The summed E-state index contributed by atoms with van der Waals surface area (Å²) in [6.45, 7) is 4.19. The van der Waals surface area contributed by atoms with Crippen LogP contribution in [0.25, 0.3) is 0 Å². The number of ether oxygens (including phenoxy) is 1. The maximum absolute atomic E-state index is 13.7. The van der Waals surface area contributed by atoms with E-state index in [1.807, 2.05) is 47.3 Å². The van der Waals surface area contributed by atoms with Gasteiger partial charge < -0.3 is 9.64 Å². The number of hydrogen-bond donors (Lipinski definition) is 0. The number of anilines is 1. The predicted molar refractivity (Wildman–Crippen MR) is 131 cm³/mol. The molecule has 2 aromatic carbocycles. The van der Waals surface area contributed by atoms with Crippen LogP contribution in [0.1, 0.15) is 25.5 Å². The Morgan fingerprint density at radius 2 is 1.70 bits per heavy atom. The largest absolute Gasteiger partial charge is 0.497 e. The molecule has 3 aliphatic rings. The van der Waals surface area contributed by atoms with Crippen molar-refractivity contribution in [1.29, 1.82) is 0 Å². The molecule has 3 aliphatic heterocycles. The smallest absolute Gasteiger partial charge is 0.265 e. The van der Waals surface area contributed by atoms with E-state index < -0.39 is 18.1 Å². The Morgan fingerprint density at radius 1 is 1.03 bits per heavy atom. The highest BCUT2D eigenvalue weighted by molar-refractivity contribution is 8.23. The summed E-state index contributed by atoms with van der Waals surface area (Å²) in [5, 5.41) is 1.66. The van der Waals surface area contributed by atoms with Crippen LogP contribution in [0.15, 0.2) is 54.6 Å². The molecule has 0 radical (unpaired) electrons. The molecule has 5 rings (SSSR count). The fraction of sp³-hybridized carbons (Fsp3) is 0.375. The minimum absolute atomic E-state index is 0.180. The number of benzene rings is 2. The SMILES string of the molecule is COc1ccc(N2C(=O)[C@@H]3[C@@H](c4ccccc4)N([C@@H]4SC(=S)N(C)C4(C)C)O[C@H]3C2=O)cc1. The van der Waals surface area contributed by atoms with Crippen LogP contribution in [0.2, 0.25) is 0 Å². The van der Waals surface area contributed by atoms with Gasteiger partial charge in [0.05, 0.1) is 30.3 Å². The summed E-state index contributed by atoms with van der Waals surface area (Å²) in [4.78, 5) is 36.8. The monoisotopic (exact) mass is 483 g/mol. The van der Waals surface area contributed by atoms with Gasteiger partial charge in [0.2, 0.25) is 5.91 Å². The lowest BCUT2D eigenvalue weighted by atomic mass is 9.90. The van der Waals surface area contributed by atoms with Gasteiger partial charge in [-0.3, -0.25) is 14.4 Å². The molecule has 2 aromatic rings. The number of hydroxylamine groups is 2. The van der Waals surface area contributed by atoms with Crippen molar-refractivity contribution in [2.24, 2.45) is 5.92 Å². The third kappa shape index (κ3) is 3.37. The molecule has 172 valence electrons. The first kappa shape index (κ1) is 22.3. The highest BCUT2D eigenvalue weighted by Crippen LogP contribution is 2.52. The Morgan fingerprint density at radius 3 is 2.27 bits per heavy atom. The van der Waals surface area contributed by atoms with Gasteiger partial charge in [0, 0.05) is 7.05 Å². The molecular weight excluding hydrogens is 458 g/mol. The van der Waals surface area contributed by atoms with Crippen molar-refractivity contribution in [3.8, 4) is 5.75 Å². The molecule has 3 heterocycles. The van der Waals surface area contributed by atoms with E-state index in [-0.39, 0.29) is 22.7 Å². The molecule has 0 aromatic heterocycles. The Balaban J connectivity index is 1.54. The second-order valence-corrected chi connectivity index (χ2v) is 10.6. The molecule has 0 saturated carbocycles. The lowest BCUT2D eigenvalue weighted by molar-refractivity contribution is -0.188. The Labute approximate surface area is 202 Å². The van der Waals surface area contributed by atoms with Crippen LogP contribution in [-0.2, 0) is 14.4 Å². The molecule has 0 aliphatic carbocycles. The molecule has 33 heavy (non-hydrogen) atoms. The molecule has 0 bridgehead atoms. The molecule has 0 unspecified atom stereocenters. The lowest BCUT2D eigenvalue weighted by Gasteiger charge is -2.39. The van der Waals surface area contributed by atoms with Gasteiger partial charge in [-0.1, -0.05) is 54.3 Å². The van der Waals surface area contributed by atoms with E-state index in [1.54, 1.807) is 31.4 Å². The fourth-order valence-corrected chi connectivity index (χ4v) is 6.53. The van der Waals surface area contributed by atoms with E-state index in [4.69, 9.17) is 21.8 Å². The van der Waals surface area contributed by atoms with Gasteiger partial charge >= 0.3 is 0 Å². The van der Waals surface area contributed by atoms with Gasteiger partial charge in [0.25, 0.3) is 5.91 Å². The second-order valence-electron chi connectivity index (χ2n) is 8.93. The normalized spacial score (nSPS) is 29.2. The number of methoxy groups -OCH3 is 1. The van der Waals surface area contributed by atoms with Crippen LogP contribution in [0.4, 0.5) is 5.69 Å². The predicted octanol–water partition coefficient (Wildman–Crippen LogP) is 3.61. The zero-order valence-corrected chi connectivity index (χ0v) is 20.4. The zero-order chi connectivity index (χ0) is 23.5. The average molecular weight is 484 g/mol. The summed E-state index contributed by atoms with van der Waals surface area (Å²) in [6.07, 6.45) is -0.888. The minimum atomic E-state index is -0.888. The van der Waals surface area contributed by atoms with Crippen LogP contribution in [0, 0.1) is 5.92 Å². The van der Waals surface area contributed by atoms with Crippen molar-refractivity contribution in [3.05, 3.63) is 60.2 Å². The van der Waals surface area contributed by atoms with Gasteiger partial charge in [-0.05, 0) is 43.7 Å². The summed E-state index contributed by atoms with van der Waals surface area (Å²) in [7, 11) is 3.54. The number of carbonyl (C=O) groups excluding carboxylic acids is 2. The van der Waals surface area contributed by atoms with Crippen molar-refractivity contribution in [2.45, 2.75) is 36.9 Å². The van der Waals surface area contributed by atoms with Crippen LogP contribution in [-0.4, -0.2) is 57.3 Å². The molecule has 3 saturated heterocycles. The first-order valence-electron chi connectivity index (χ1n) is 10.7. The Bertz CT molecular complexity index is 1110. The van der Waals surface area contributed by atoms with Gasteiger partial charge in [0.1, 0.15) is 15.4 Å². The molecule has 9 heteroatoms. The first-order chi connectivity index (χ1) is 15.8. The van der Waals surface area contributed by atoms with Gasteiger partial charge in [-0.25, -0.2) is 4.90 Å².